The maximum atomic E-state index is 12.2. The molecule has 3 heterocycles. The number of ether oxygens (including phenoxy) is 2. The van der Waals surface area contributed by atoms with Crippen molar-refractivity contribution >= 4 is 5.91 Å². The van der Waals surface area contributed by atoms with Crippen molar-refractivity contribution in [3.63, 3.8) is 0 Å². The molecule has 1 aromatic heterocycles. The lowest BCUT2D eigenvalue weighted by molar-refractivity contribution is -0.129. The molecule has 0 saturated carbocycles. The van der Waals surface area contributed by atoms with Crippen molar-refractivity contribution in [1.82, 2.24) is 14.4 Å². The van der Waals surface area contributed by atoms with Crippen molar-refractivity contribution in [2.45, 2.75) is 26.1 Å². The number of fused-ring (bicyclic) bond motifs is 2. The summed E-state index contributed by atoms with van der Waals surface area (Å²) < 4.78 is 13.2. The number of carbonyl (C=O) groups is 1. The molecule has 6 nitrogen and oxygen atoms in total. The van der Waals surface area contributed by atoms with E-state index in [1.165, 1.54) is 11.3 Å². The third-order valence-corrected chi connectivity index (χ3v) is 5.09. The highest BCUT2D eigenvalue weighted by molar-refractivity contribution is 5.75. The topological polar surface area (TPSA) is 46.9 Å². The maximum Gasteiger partial charge on any atom is 0.231 e. The quantitative estimate of drug-likeness (QED) is 0.845. The predicted octanol–water partition coefficient (Wildman–Crippen LogP) is 2.33. The van der Waals surface area contributed by atoms with Crippen molar-refractivity contribution in [1.29, 1.82) is 0 Å². The van der Waals surface area contributed by atoms with Gasteiger partial charge in [-0.2, -0.15) is 0 Å². The van der Waals surface area contributed by atoms with Gasteiger partial charge in [0.15, 0.2) is 11.5 Å². The van der Waals surface area contributed by atoms with Gasteiger partial charge in [-0.1, -0.05) is 6.07 Å². The second-order valence-electron chi connectivity index (χ2n) is 7.37. The summed E-state index contributed by atoms with van der Waals surface area (Å²) in [5, 5.41) is 0. The van der Waals surface area contributed by atoms with E-state index >= 15 is 0 Å². The number of rotatable bonds is 4. The minimum Gasteiger partial charge on any atom is -0.454 e. The summed E-state index contributed by atoms with van der Waals surface area (Å²) in [5.41, 5.74) is 2.50. The van der Waals surface area contributed by atoms with Crippen molar-refractivity contribution in [3.05, 3.63) is 47.8 Å². The molecule has 0 bridgehead atoms. The summed E-state index contributed by atoms with van der Waals surface area (Å²) in [6, 6.07) is 10.4. The molecule has 0 spiro atoms. The van der Waals surface area contributed by atoms with Crippen molar-refractivity contribution in [3.8, 4) is 11.5 Å². The lowest BCUT2D eigenvalue weighted by atomic mass is 10.0. The zero-order valence-electron chi connectivity index (χ0n) is 15.4. The van der Waals surface area contributed by atoms with Gasteiger partial charge >= 0.3 is 0 Å². The van der Waals surface area contributed by atoms with E-state index in [1.54, 1.807) is 4.90 Å². The highest BCUT2D eigenvalue weighted by Gasteiger charge is 2.24. The molecule has 2 aliphatic heterocycles. The molecule has 4 rings (SSSR count). The molecule has 26 heavy (non-hydrogen) atoms. The van der Waals surface area contributed by atoms with Gasteiger partial charge in [0.1, 0.15) is 0 Å². The normalized spacial score (nSPS) is 19.1. The Hall–Kier alpha value is -2.47. The van der Waals surface area contributed by atoms with Gasteiger partial charge in [-0.05, 0) is 35.7 Å². The Morgan fingerprint density at radius 1 is 1.19 bits per heavy atom. The number of hydrogen-bond donors (Lipinski definition) is 0. The molecular weight excluding hydrogens is 330 g/mol. The summed E-state index contributed by atoms with van der Waals surface area (Å²) >= 11 is 0. The fourth-order valence-corrected chi connectivity index (χ4v) is 3.74. The van der Waals surface area contributed by atoms with Crippen LogP contribution in [0.4, 0.5) is 0 Å². The van der Waals surface area contributed by atoms with Gasteiger partial charge in [0.05, 0.1) is 0 Å². The molecule has 0 fully saturated rings. The minimum absolute atomic E-state index is 0.189. The smallest absolute Gasteiger partial charge is 0.231 e. The van der Waals surface area contributed by atoms with E-state index in [0.717, 1.165) is 37.7 Å². The van der Waals surface area contributed by atoms with E-state index < -0.39 is 0 Å². The average molecular weight is 355 g/mol. The van der Waals surface area contributed by atoms with Gasteiger partial charge in [-0.25, -0.2) is 0 Å². The number of aromatic nitrogens is 1. The first-order chi connectivity index (χ1) is 12.6. The lowest BCUT2D eigenvalue weighted by Gasteiger charge is -2.24. The highest BCUT2D eigenvalue weighted by Crippen LogP contribution is 2.33. The summed E-state index contributed by atoms with van der Waals surface area (Å²) in [6.45, 7) is 3.79. The Morgan fingerprint density at radius 2 is 2.04 bits per heavy atom. The molecule has 0 aliphatic carbocycles. The van der Waals surface area contributed by atoms with E-state index in [4.69, 9.17) is 9.47 Å². The summed E-state index contributed by atoms with van der Waals surface area (Å²) in [6.07, 6.45) is 2.69. The Bertz CT molecular complexity index is 799. The lowest BCUT2D eigenvalue weighted by Crippen LogP contribution is -2.32. The van der Waals surface area contributed by atoms with Crippen LogP contribution >= 0.6 is 0 Å². The number of benzene rings is 1. The standard InChI is InChI=1S/C20H25N3O3/c1-21(2)20(24)9-16-11-22(13-17-4-3-7-23(17)12-16)10-15-5-6-18-19(8-15)26-14-25-18/h3-8,16H,9-14H2,1-2H3. The van der Waals surface area contributed by atoms with Gasteiger partial charge in [0.25, 0.3) is 0 Å². The predicted molar refractivity (Wildman–Crippen MR) is 97.9 cm³/mol. The Kier molecular flexibility index (Phi) is 4.59. The number of hydrogen-bond acceptors (Lipinski definition) is 4. The van der Waals surface area contributed by atoms with E-state index in [2.05, 4.69) is 39.9 Å². The molecular formula is C20H25N3O3. The Balaban J connectivity index is 1.52. The first-order valence-electron chi connectivity index (χ1n) is 9.03. The van der Waals surface area contributed by atoms with Crippen LogP contribution in [0.25, 0.3) is 0 Å². The van der Waals surface area contributed by atoms with Gasteiger partial charge in [-0.15, -0.1) is 0 Å². The van der Waals surface area contributed by atoms with Crippen LogP contribution in [0, 0.1) is 5.92 Å². The zero-order valence-corrected chi connectivity index (χ0v) is 15.4. The molecule has 1 amide bonds. The van der Waals surface area contributed by atoms with E-state index in [-0.39, 0.29) is 5.91 Å². The SMILES string of the molecule is CN(C)C(=O)CC1CN(Cc2ccc3c(c2)OCO3)Cc2cccn2C1. The highest BCUT2D eigenvalue weighted by atomic mass is 16.7. The molecule has 1 atom stereocenters. The van der Waals surface area contributed by atoms with Crippen molar-refractivity contribution < 1.29 is 14.3 Å². The van der Waals surface area contributed by atoms with E-state index in [0.29, 0.717) is 19.1 Å². The van der Waals surface area contributed by atoms with Gasteiger partial charge in [0.2, 0.25) is 12.7 Å². The van der Waals surface area contributed by atoms with E-state index in [1.807, 2.05) is 20.2 Å². The Morgan fingerprint density at radius 3 is 2.88 bits per heavy atom. The van der Waals surface area contributed by atoms with Crippen LogP contribution in [0.5, 0.6) is 11.5 Å². The summed E-state index contributed by atoms with van der Waals surface area (Å²) in [7, 11) is 3.65. The van der Waals surface area contributed by atoms with Crippen LogP contribution in [-0.4, -0.2) is 47.7 Å². The number of nitrogens with zero attached hydrogens (tertiary/aromatic N) is 3. The molecule has 1 unspecified atom stereocenters. The second-order valence-corrected chi connectivity index (χ2v) is 7.37. The van der Waals surface area contributed by atoms with Crippen LogP contribution in [0.1, 0.15) is 17.7 Å². The van der Waals surface area contributed by atoms with Crippen LogP contribution in [-0.2, 0) is 24.4 Å². The largest absolute Gasteiger partial charge is 0.454 e. The van der Waals surface area contributed by atoms with Gasteiger partial charge in [0, 0.05) is 58.6 Å². The Labute approximate surface area is 153 Å². The molecule has 0 radical (unpaired) electrons. The monoisotopic (exact) mass is 355 g/mol. The van der Waals surface area contributed by atoms with Crippen LogP contribution in [0.3, 0.4) is 0 Å². The van der Waals surface area contributed by atoms with E-state index in [9.17, 15) is 4.79 Å². The molecule has 1 aromatic carbocycles. The van der Waals surface area contributed by atoms with Crippen molar-refractivity contribution in [2.75, 3.05) is 27.4 Å². The van der Waals surface area contributed by atoms with Crippen LogP contribution < -0.4 is 9.47 Å². The fraction of sp³-hybridized carbons (Fsp3) is 0.450. The third kappa shape index (κ3) is 3.55. The van der Waals surface area contributed by atoms with Crippen molar-refractivity contribution in [2.24, 2.45) is 5.92 Å². The fourth-order valence-electron chi connectivity index (χ4n) is 3.74. The maximum absolute atomic E-state index is 12.2. The van der Waals surface area contributed by atoms with Crippen LogP contribution in [0.2, 0.25) is 0 Å². The molecule has 2 aliphatic rings. The first kappa shape index (κ1) is 17.0. The minimum atomic E-state index is 0.189. The summed E-state index contributed by atoms with van der Waals surface area (Å²) in [4.78, 5) is 16.3. The van der Waals surface area contributed by atoms with Gasteiger partial charge in [-0.3, -0.25) is 9.69 Å². The molecule has 0 N–H and O–H groups in total. The third-order valence-electron chi connectivity index (χ3n) is 5.09. The zero-order chi connectivity index (χ0) is 18.1. The number of carbonyl (C=O) groups excluding carboxylic acids is 1. The second kappa shape index (κ2) is 7.03. The van der Waals surface area contributed by atoms with Gasteiger partial charge < -0.3 is 18.9 Å². The number of amides is 1. The first-order valence-corrected chi connectivity index (χ1v) is 9.03. The summed E-state index contributed by atoms with van der Waals surface area (Å²) in [5.74, 6) is 2.12. The average Bonchev–Trinajstić information content (AvgIpc) is 3.20. The van der Waals surface area contributed by atoms with Crippen LogP contribution in [0.15, 0.2) is 36.5 Å². The molecule has 2 aromatic rings. The molecule has 6 heteroatoms. The molecule has 138 valence electrons. The molecule has 0 saturated heterocycles.